The first-order chi connectivity index (χ1) is 25.2. The van der Waals surface area contributed by atoms with Crippen LogP contribution in [0.15, 0.2) is 11.6 Å². The molecule has 0 radical (unpaired) electrons. The van der Waals surface area contributed by atoms with Crippen LogP contribution in [-0.4, -0.2) is 113 Å². The van der Waals surface area contributed by atoms with E-state index in [2.05, 4.69) is 6.92 Å². The van der Waals surface area contributed by atoms with Crippen molar-refractivity contribution < 1.29 is 55.5 Å². The standard InChI is InChI=1S/C42H80O11/c1-4-5-13-31(3)41-29-39(50)24-11-23-38(49)28-40(51)27-37(48)22-10-19-34(45)17-8-15-32(43)14-7-16-33(44)18-9-21-36(47)26-35(46)20-6-12-30(2)25-42(52)53-41/h25,31-41,43-51H,4-24,26-29H2,1-3H3/b30-25+/t31?,32?,33?,34?,35-,36+,37-,38-,39?,40-,41?/m0/s1. The molecule has 11 heteroatoms. The molecule has 0 aliphatic carbocycles. The number of rotatable bonds is 4. The smallest absolute Gasteiger partial charge is 0.330 e. The lowest BCUT2D eigenvalue weighted by molar-refractivity contribution is -0.147. The Labute approximate surface area is 320 Å². The summed E-state index contributed by atoms with van der Waals surface area (Å²) in [7, 11) is 0. The van der Waals surface area contributed by atoms with E-state index in [0.717, 1.165) is 24.8 Å². The number of unbranched alkanes of at least 4 members (excludes halogenated alkanes) is 1. The van der Waals surface area contributed by atoms with Crippen LogP contribution in [0.3, 0.4) is 0 Å². The number of allylic oxidation sites excluding steroid dienone is 1. The van der Waals surface area contributed by atoms with Gasteiger partial charge in [-0.25, -0.2) is 4.79 Å². The van der Waals surface area contributed by atoms with Crippen molar-refractivity contribution in [2.24, 2.45) is 5.92 Å². The van der Waals surface area contributed by atoms with Crippen LogP contribution in [0.1, 0.15) is 181 Å². The van der Waals surface area contributed by atoms with Gasteiger partial charge >= 0.3 is 5.97 Å². The number of ether oxygens (including phenoxy) is 1. The third-order valence-corrected chi connectivity index (χ3v) is 10.9. The van der Waals surface area contributed by atoms with E-state index in [-0.39, 0.29) is 25.2 Å². The van der Waals surface area contributed by atoms with Crippen LogP contribution in [0.25, 0.3) is 0 Å². The summed E-state index contributed by atoms with van der Waals surface area (Å²) in [5.74, 6) is -0.397. The molecule has 0 aromatic heterocycles. The predicted octanol–water partition coefficient (Wildman–Crippen LogP) is 5.51. The molecule has 0 spiro atoms. The van der Waals surface area contributed by atoms with Crippen molar-refractivity contribution in [3.8, 4) is 0 Å². The lowest BCUT2D eigenvalue weighted by atomic mass is 9.92. The maximum atomic E-state index is 12.9. The van der Waals surface area contributed by atoms with Gasteiger partial charge in [0.25, 0.3) is 0 Å². The van der Waals surface area contributed by atoms with Crippen molar-refractivity contribution in [3.05, 3.63) is 11.6 Å². The fourth-order valence-electron chi connectivity index (χ4n) is 7.46. The van der Waals surface area contributed by atoms with Crippen LogP contribution in [0.4, 0.5) is 0 Å². The Balaban J connectivity index is 2.79. The van der Waals surface area contributed by atoms with Crippen molar-refractivity contribution >= 4 is 5.97 Å². The zero-order valence-corrected chi connectivity index (χ0v) is 33.4. The molecule has 0 amide bonds. The molecular formula is C42H80O11. The van der Waals surface area contributed by atoms with E-state index in [9.17, 15) is 50.8 Å². The van der Waals surface area contributed by atoms with Gasteiger partial charge in [0.15, 0.2) is 0 Å². The number of carbonyl (C=O) groups is 1. The van der Waals surface area contributed by atoms with E-state index in [1.54, 1.807) is 0 Å². The normalized spacial score (nSPS) is 35.7. The lowest BCUT2D eigenvalue weighted by Gasteiger charge is -2.26. The monoisotopic (exact) mass is 761 g/mol. The highest BCUT2D eigenvalue weighted by Gasteiger charge is 2.25. The molecule has 11 atom stereocenters. The van der Waals surface area contributed by atoms with E-state index < -0.39 is 67.0 Å². The van der Waals surface area contributed by atoms with Gasteiger partial charge in [0.1, 0.15) is 6.10 Å². The Morgan fingerprint density at radius 1 is 0.547 bits per heavy atom. The predicted molar refractivity (Wildman–Crippen MR) is 208 cm³/mol. The van der Waals surface area contributed by atoms with Gasteiger partial charge in [0, 0.05) is 12.5 Å². The second kappa shape index (κ2) is 30.0. The lowest BCUT2D eigenvalue weighted by Crippen LogP contribution is -2.29. The SMILES string of the molecule is CCCCC(C)C1CC(O)CCC[C@H](O)C[C@@H](O)C[C@@H](O)CCCC(O)CCCC(O)CCCC(O)CCC[C@@H](O)C[C@@H](O)CCC/C(C)=C/C(=O)O1. The minimum absolute atomic E-state index is 0.0578. The van der Waals surface area contributed by atoms with Gasteiger partial charge in [-0.2, -0.15) is 0 Å². The van der Waals surface area contributed by atoms with E-state index in [1.807, 2.05) is 13.8 Å². The van der Waals surface area contributed by atoms with Gasteiger partial charge in [-0.15, -0.1) is 0 Å². The molecule has 0 saturated carbocycles. The van der Waals surface area contributed by atoms with E-state index in [0.29, 0.717) is 122 Å². The maximum absolute atomic E-state index is 12.9. The first-order valence-electron chi connectivity index (χ1n) is 21.2. The van der Waals surface area contributed by atoms with Crippen LogP contribution in [-0.2, 0) is 9.53 Å². The molecular weight excluding hydrogens is 680 g/mol. The van der Waals surface area contributed by atoms with Crippen molar-refractivity contribution in [1.29, 1.82) is 0 Å². The second-order valence-corrected chi connectivity index (χ2v) is 16.5. The van der Waals surface area contributed by atoms with Crippen molar-refractivity contribution in [2.75, 3.05) is 0 Å². The molecule has 0 aromatic carbocycles. The van der Waals surface area contributed by atoms with Gasteiger partial charge in [-0.1, -0.05) is 32.3 Å². The maximum Gasteiger partial charge on any atom is 0.330 e. The Hall–Kier alpha value is -1.15. The topological polar surface area (TPSA) is 208 Å². The highest BCUT2D eigenvalue weighted by molar-refractivity contribution is 5.82. The second-order valence-electron chi connectivity index (χ2n) is 16.5. The fraction of sp³-hybridized carbons (Fsp3) is 0.929. The molecule has 1 heterocycles. The quantitative estimate of drug-likeness (QED) is 0.163. The average Bonchev–Trinajstić information content (AvgIpc) is 3.06. The Kier molecular flexibility index (Phi) is 28.3. The van der Waals surface area contributed by atoms with Crippen LogP contribution in [0, 0.1) is 5.92 Å². The Morgan fingerprint density at radius 2 is 0.887 bits per heavy atom. The highest BCUT2D eigenvalue weighted by atomic mass is 16.5. The van der Waals surface area contributed by atoms with E-state index in [4.69, 9.17) is 4.74 Å². The van der Waals surface area contributed by atoms with Gasteiger partial charge in [0.05, 0.1) is 54.9 Å². The summed E-state index contributed by atoms with van der Waals surface area (Å²) in [4.78, 5) is 12.9. The number of cyclic esters (lactones) is 1. The first-order valence-corrected chi connectivity index (χ1v) is 21.2. The molecule has 0 fully saturated rings. The molecule has 314 valence electrons. The third kappa shape index (κ3) is 27.2. The molecule has 1 rings (SSSR count). The summed E-state index contributed by atoms with van der Waals surface area (Å²) in [6.07, 6.45) is 8.57. The van der Waals surface area contributed by atoms with Gasteiger partial charge in [0.2, 0.25) is 0 Å². The average molecular weight is 761 g/mol. The minimum Gasteiger partial charge on any atom is -0.459 e. The van der Waals surface area contributed by atoms with Crippen molar-refractivity contribution in [2.45, 2.75) is 242 Å². The Morgan fingerprint density at radius 3 is 1.28 bits per heavy atom. The van der Waals surface area contributed by atoms with Crippen LogP contribution in [0.2, 0.25) is 0 Å². The summed E-state index contributed by atoms with van der Waals surface area (Å²) >= 11 is 0. The summed E-state index contributed by atoms with van der Waals surface area (Å²) in [5.41, 5.74) is 0.829. The largest absolute Gasteiger partial charge is 0.459 e. The molecule has 11 nitrogen and oxygen atoms in total. The number of carbonyl (C=O) groups excluding carboxylic acids is 1. The molecule has 0 aromatic rings. The van der Waals surface area contributed by atoms with Crippen molar-refractivity contribution in [3.63, 3.8) is 0 Å². The highest BCUT2D eigenvalue weighted by Crippen LogP contribution is 2.24. The zero-order chi connectivity index (χ0) is 39.6. The number of aliphatic hydroxyl groups is 9. The third-order valence-electron chi connectivity index (χ3n) is 10.9. The number of esters is 1. The molecule has 0 saturated heterocycles. The first kappa shape index (κ1) is 49.9. The zero-order valence-electron chi connectivity index (χ0n) is 33.4. The van der Waals surface area contributed by atoms with Gasteiger partial charge in [-0.3, -0.25) is 0 Å². The van der Waals surface area contributed by atoms with E-state index in [1.165, 1.54) is 6.08 Å². The van der Waals surface area contributed by atoms with Crippen LogP contribution in [0.5, 0.6) is 0 Å². The number of hydrogen-bond acceptors (Lipinski definition) is 11. The molecule has 0 bridgehead atoms. The molecule has 53 heavy (non-hydrogen) atoms. The minimum atomic E-state index is -0.869. The van der Waals surface area contributed by atoms with Gasteiger partial charge < -0.3 is 50.7 Å². The van der Waals surface area contributed by atoms with Crippen LogP contribution >= 0.6 is 0 Å². The van der Waals surface area contributed by atoms with E-state index >= 15 is 0 Å². The molecule has 1 aliphatic rings. The van der Waals surface area contributed by atoms with Gasteiger partial charge in [-0.05, 0) is 154 Å². The molecule has 1 aliphatic heterocycles. The fourth-order valence-corrected chi connectivity index (χ4v) is 7.46. The number of aliphatic hydroxyl groups excluding tert-OH is 9. The summed E-state index contributed by atoms with van der Waals surface area (Å²) in [6.45, 7) is 5.99. The van der Waals surface area contributed by atoms with Crippen LogP contribution < -0.4 is 0 Å². The molecule has 9 N–H and O–H groups in total. The molecule has 6 unspecified atom stereocenters. The van der Waals surface area contributed by atoms with Crippen molar-refractivity contribution in [1.82, 2.24) is 0 Å². The summed E-state index contributed by atoms with van der Waals surface area (Å²) < 4.78 is 5.88. The summed E-state index contributed by atoms with van der Waals surface area (Å²) in [5, 5.41) is 94.2. The Bertz CT molecular complexity index is 933. The summed E-state index contributed by atoms with van der Waals surface area (Å²) in [6, 6.07) is 0. The number of hydrogen-bond donors (Lipinski definition) is 9.